The highest BCUT2D eigenvalue weighted by atomic mass is 32.2. The number of carbonyl (C=O) groups excluding carboxylic acids is 1. The van der Waals surface area contributed by atoms with Crippen molar-refractivity contribution in [3.8, 4) is 0 Å². The molecule has 0 aromatic carbocycles. The first-order valence-corrected chi connectivity index (χ1v) is 45.5. The normalized spacial score (nSPS) is 11.8. The molecule has 0 rings (SSSR count). The van der Waals surface area contributed by atoms with Gasteiger partial charge in [0.05, 0.1) is 475 Å². The SMILES string of the molecule is COCCOCCOCCOCCOCCOCCOCCOCCOCCOCCOCCOCCOCCOCCOCCOCCOCCOCCOCCOCCOCCOCCOCCOC(=O)C(CSCCOCCOCCOCCOCCOCCOCCOC)CSCCOCCOCCOCCOCCOCCOCCOC. The van der Waals surface area contributed by atoms with Crippen LogP contribution in [0.5, 0.6) is 0 Å². The van der Waals surface area contributed by atoms with E-state index in [1.807, 2.05) is 0 Å². The zero-order chi connectivity index (χ0) is 87.2. The fraction of sp³-hybridized carbons (Fsp3) is 0.988. The van der Waals surface area contributed by atoms with Gasteiger partial charge < -0.3 is 180 Å². The van der Waals surface area contributed by atoms with Gasteiger partial charge in [0, 0.05) is 44.3 Å². The zero-order valence-electron chi connectivity index (χ0n) is 74.6. The first-order valence-electron chi connectivity index (χ1n) is 43.2. The Morgan fingerprint density at radius 3 is 0.361 bits per heavy atom. The largest absolute Gasteiger partial charge is 0.463 e. The highest BCUT2D eigenvalue weighted by molar-refractivity contribution is 8.00. The second-order valence-electron chi connectivity index (χ2n) is 24.8. The number of hydrogen-bond acceptors (Lipinski definition) is 41. The highest BCUT2D eigenvalue weighted by Crippen LogP contribution is 2.17. The Labute approximate surface area is 737 Å². The van der Waals surface area contributed by atoms with Crippen LogP contribution in [0, 0.1) is 5.92 Å². The lowest BCUT2D eigenvalue weighted by Crippen LogP contribution is -2.25. The summed E-state index contributed by atoms with van der Waals surface area (Å²) in [6, 6.07) is 0. The van der Waals surface area contributed by atoms with Crippen molar-refractivity contribution < 1.29 is 185 Å². The number of esters is 1. The van der Waals surface area contributed by atoms with Crippen LogP contribution in [0.4, 0.5) is 0 Å². The van der Waals surface area contributed by atoms with E-state index >= 15 is 0 Å². The van der Waals surface area contributed by atoms with E-state index in [0.717, 1.165) is 11.5 Å². The van der Waals surface area contributed by atoms with E-state index in [0.29, 0.717) is 474 Å². The van der Waals surface area contributed by atoms with Gasteiger partial charge in [0.2, 0.25) is 0 Å². The minimum absolute atomic E-state index is 0.143. The topological polar surface area (TPSA) is 368 Å². The fourth-order valence-corrected chi connectivity index (χ4v) is 10.8. The van der Waals surface area contributed by atoms with E-state index in [9.17, 15) is 4.79 Å². The van der Waals surface area contributed by atoms with Gasteiger partial charge in [0.25, 0.3) is 0 Å². The maximum Gasteiger partial charge on any atom is 0.310 e. The molecule has 0 aromatic rings. The minimum atomic E-state index is -0.312. The molecular weight excluding hydrogens is 1660 g/mol. The molecule has 0 heterocycles. The van der Waals surface area contributed by atoms with Crippen LogP contribution in [-0.2, 0) is 185 Å². The van der Waals surface area contributed by atoms with Crippen LogP contribution in [0.3, 0.4) is 0 Å². The fourth-order valence-electron chi connectivity index (χ4n) is 8.74. The summed E-state index contributed by atoms with van der Waals surface area (Å²) in [5.41, 5.74) is 0. The second-order valence-corrected chi connectivity index (χ2v) is 27.1. The summed E-state index contributed by atoms with van der Waals surface area (Å²) in [6.45, 7) is 34.4. The number of carbonyl (C=O) groups is 1. The van der Waals surface area contributed by atoms with Gasteiger partial charge in [0.15, 0.2) is 0 Å². The third-order valence-corrected chi connectivity index (χ3v) is 17.2. The van der Waals surface area contributed by atoms with Crippen molar-refractivity contribution in [2.75, 3.05) is 520 Å². The predicted octanol–water partition coefficient (Wildman–Crippen LogP) is 2.12. The van der Waals surface area contributed by atoms with Gasteiger partial charge in [-0.3, -0.25) is 4.79 Å². The summed E-state index contributed by atoms with van der Waals surface area (Å²) in [4.78, 5) is 13.2. The molecule has 0 aliphatic rings. The van der Waals surface area contributed by atoms with Crippen LogP contribution in [-0.4, -0.2) is 526 Å². The third kappa shape index (κ3) is 111. The molecule has 732 valence electrons. The number of rotatable bonds is 116. The van der Waals surface area contributed by atoms with E-state index in [1.54, 1.807) is 44.9 Å². The standard InChI is InChI=1S/C81H162O39S2/c1-83-4-7-86-10-13-89-16-19-92-22-23-95-24-25-96-26-27-97-28-29-98-30-31-99-32-33-100-34-35-101-36-37-102-38-39-103-40-41-104-42-43-105-44-45-106-46-47-107-48-49-108-50-51-109-52-53-110-54-55-111-60-61-114-66-67-117-72-73-120-81(82)80(78-121-76-74-118-70-68-115-64-62-112-58-56-93-20-17-90-14-11-87-8-5-84-2)79-122-77-75-119-71-69-116-65-63-113-59-57-94-21-18-91-15-12-88-9-6-85-3/h80H,4-79H2,1-3H3. The van der Waals surface area contributed by atoms with Gasteiger partial charge in [-0.1, -0.05) is 0 Å². The van der Waals surface area contributed by atoms with Gasteiger partial charge in [0.1, 0.15) is 6.61 Å². The maximum atomic E-state index is 13.2. The van der Waals surface area contributed by atoms with Crippen LogP contribution in [0.15, 0.2) is 0 Å². The van der Waals surface area contributed by atoms with E-state index in [2.05, 4.69) is 0 Å². The third-order valence-electron chi connectivity index (χ3n) is 15.0. The number of ether oxygens (including phenoxy) is 38. The lowest BCUT2D eigenvalue weighted by Gasteiger charge is -2.16. The molecule has 0 N–H and O–H groups in total. The molecule has 0 saturated heterocycles. The Morgan fingerprint density at radius 1 is 0.148 bits per heavy atom. The highest BCUT2D eigenvalue weighted by Gasteiger charge is 2.21. The average Bonchev–Trinajstić information content (AvgIpc) is 0.939. The quantitative estimate of drug-likeness (QED) is 0.0621. The molecule has 122 heavy (non-hydrogen) atoms. The van der Waals surface area contributed by atoms with Gasteiger partial charge in [-0.2, -0.15) is 23.5 Å². The minimum Gasteiger partial charge on any atom is -0.463 e. The van der Waals surface area contributed by atoms with Crippen LogP contribution in [0.1, 0.15) is 0 Å². The molecular formula is C81H162O39S2. The smallest absolute Gasteiger partial charge is 0.310 e. The molecule has 0 unspecified atom stereocenters. The monoisotopic (exact) mass is 1820 g/mol. The van der Waals surface area contributed by atoms with Crippen LogP contribution >= 0.6 is 23.5 Å². The predicted molar refractivity (Wildman–Crippen MR) is 453 cm³/mol. The van der Waals surface area contributed by atoms with Crippen molar-refractivity contribution >= 4 is 29.5 Å². The molecule has 41 heteroatoms. The molecule has 0 bridgehead atoms. The molecule has 0 atom stereocenters. The number of hydrogen-bond donors (Lipinski definition) is 0. The van der Waals surface area contributed by atoms with Crippen molar-refractivity contribution in [1.29, 1.82) is 0 Å². The summed E-state index contributed by atoms with van der Waals surface area (Å²) >= 11 is 3.30. The molecule has 0 saturated carbocycles. The Bertz CT molecular complexity index is 1810. The van der Waals surface area contributed by atoms with E-state index < -0.39 is 0 Å². The van der Waals surface area contributed by atoms with Gasteiger partial charge in [-0.15, -0.1) is 0 Å². The van der Waals surface area contributed by atoms with Crippen LogP contribution in [0.25, 0.3) is 0 Å². The van der Waals surface area contributed by atoms with Crippen molar-refractivity contribution in [1.82, 2.24) is 0 Å². The molecule has 0 radical (unpaired) electrons. The molecule has 0 aromatic heterocycles. The van der Waals surface area contributed by atoms with Crippen LogP contribution in [0.2, 0.25) is 0 Å². The van der Waals surface area contributed by atoms with Crippen molar-refractivity contribution in [2.45, 2.75) is 0 Å². The van der Waals surface area contributed by atoms with Crippen LogP contribution < -0.4 is 0 Å². The molecule has 0 aliphatic heterocycles. The van der Waals surface area contributed by atoms with E-state index in [-0.39, 0.29) is 25.1 Å². The van der Waals surface area contributed by atoms with Gasteiger partial charge >= 0.3 is 5.97 Å². The summed E-state index contributed by atoms with van der Waals surface area (Å²) in [7, 11) is 4.92. The van der Waals surface area contributed by atoms with Gasteiger partial charge in [-0.25, -0.2) is 0 Å². The summed E-state index contributed by atoms with van der Waals surface area (Å²) in [5.74, 6) is 2.05. The molecule has 0 fully saturated rings. The van der Waals surface area contributed by atoms with Crippen molar-refractivity contribution in [3.63, 3.8) is 0 Å². The lowest BCUT2D eigenvalue weighted by molar-refractivity contribution is -0.148. The first-order chi connectivity index (χ1) is 60.8. The van der Waals surface area contributed by atoms with Crippen molar-refractivity contribution in [2.24, 2.45) is 5.92 Å². The average molecular weight is 1820 g/mol. The number of methoxy groups -OCH3 is 3. The summed E-state index contributed by atoms with van der Waals surface area (Å²) in [5, 5.41) is 0. The van der Waals surface area contributed by atoms with E-state index in [1.165, 1.54) is 0 Å². The second kappa shape index (κ2) is 116. The number of thioether (sulfide) groups is 2. The summed E-state index contributed by atoms with van der Waals surface area (Å²) in [6.07, 6.45) is 0. The maximum absolute atomic E-state index is 13.2. The molecule has 0 amide bonds. The Kier molecular flexibility index (Phi) is 115. The summed E-state index contributed by atoms with van der Waals surface area (Å²) < 4.78 is 209. The molecule has 39 nitrogen and oxygen atoms in total. The molecule has 0 aliphatic carbocycles. The van der Waals surface area contributed by atoms with E-state index in [4.69, 9.17) is 180 Å². The Balaban J connectivity index is 3.67. The molecule has 0 spiro atoms. The van der Waals surface area contributed by atoms with Crippen molar-refractivity contribution in [3.05, 3.63) is 0 Å². The first kappa shape index (κ1) is 121. The van der Waals surface area contributed by atoms with Gasteiger partial charge in [-0.05, 0) is 0 Å². The zero-order valence-corrected chi connectivity index (χ0v) is 76.2. The Hall–Kier alpha value is -1.31. The Morgan fingerprint density at radius 2 is 0.246 bits per heavy atom. The lowest BCUT2D eigenvalue weighted by atomic mass is 10.2.